The topological polar surface area (TPSA) is 50.9 Å². The predicted octanol–water partition coefficient (Wildman–Crippen LogP) is 2.28. The van der Waals surface area contributed by atoms with Crippen molar-refractivity contribution in [2.75, 3.05) is 11.1 Å². The van der Waals surface area contributed by atoms with E-state index in [9.17, 15) is 0 Å². The summed E-state index contributed by atoms with van der Waals surface area (Å²) in [4.78, 5) is 3.93. The van der Waals surface area contributed by atoms with Crippen molar-refractivity contribution in [3.05, 3.63) is 54.2 Å². The highest BCUT2D eigenvalue weighted by atomic mass is 14.9. The molecular weight excluding hydrogens is 186 g/mol. The first-order chi connectivity index (χ1) is 7.34. The van der Waals surface area contributed by atoms with Gasteiger partial charge in [0, 0.05) is 24.5 Å². The molecule has 0 aliphatic rings. The minimum absolute atomic E-state index is 0.535. The van der Waals surface area contributed by atoms with Gasteiger partial charge in [0.15, 0.2) is 0 Å². The third-order valence-corrected chi connectivity index (χ3v) is 2.12. The molecule has 0 aliphatic heterocycles. The maximum Gasteiger partial charge on any atom is 0.125 e. The van der Waals surface area contributed by atoms with E-state index in [0.29, 0.717) is 5.82 Å². The number of nitrogens with one attached hydrogen (secondary N) is 1. The number of nitrogens with zero attached hydrogens (tertiary/aromatic N) is 1. The average molecular weight is 199 g/mol. The molecule has 0 bridgehead atoms. The monoisotopic (exact) mass is 199 g/mol. The zero-order chi connectivity index (χ0) is 10.5. The normalized spacial score (nSPS) is 9.87. The Morgan fingerprint density at radius 2 is 1.93 bits per heavy atom. The molecule has 0 aliphatic carbocycles. The van der Waals surface area contributed by atoms with E-state index in [-0.39, 0.29) is 0 Å². The molecule has 2 aromatic rings. The summed E-state index contributed by atoms with van der Waals surface area (Å²) in [6.07, 6.45) is 1.70. The van der Waals surface area contributed by atoms with Crippen LogP contribution in [0.3, 0.4) is 0 Å². The van der Waals surface area contributed by atoms with E-state index in [0.717, 1.165) is 12.2 Å². The van der Waals surface area contributed by atoms with Crippen LogP contribution in [0.5, 0.6) is 0 Å². The predicted molar refractivity (Wildman–Crippen MR) is 62.4 cm³/mol. The second kappa shape index (κ2) is 4.46. The molecule has 1 aromatic carbocycles. The fraction of sp³-hybridized carbons (Fsp3) is 0.0833. The number of aromatic nitrogens is 1. The van der Waals surface area contributed by atoms with E-state index < -0.39 is 0 Å². The summed E-state index contributed by atoms with van der Waals surface area (Å²) in [5, 5.41) is 3.28. The maximum atomic E-state index is 5.58. The Kier molecular flexibility index (Phi) is 2.83. The molecule has 3 N–H and O–H groups in total. The Labute approximate surface area is 89.0 Å². The Balaban J connectivity index is 1.99. The Morgan fingerprint density at radius 1 is 1.13 bits per heavy atom. The maximum absolute atomic E-state index is 5.58. The van der Waals surface area contributed by atoms with E-state index in [4.69, 9.17) is 5.73 Å². The molecule has 15 heavy (non-hydrogen) atoms. The van der Waals surface area contributed by atoms with Crippen molar-refractivity contribution in [1.29, 1.82) is 0 Å². The minimum Gasteiger partial charge on any atom is -0.384 e. The number of rotatable bonds is 3. The fourth-order valence-corrected chi connectivity index (χ4v) is 1.36. The third kappa shape index (κ3) is 2.71. The number of nitrogen functional groups attached to an aromatic ring is 1. The van der Waals surface area contributed by atoms with Crippen LogP contribution in [0.1, 0.15) is 5.56 Å². The molecule has 0 radical (unpaired) electrons. The second-order valence-electron chi connectivity index (χ2n) is 3.31. The van der Waals surface area contributed by atoms with Crippen LogP contribution in [-0.2, 0) is 6.54 Å². The lowest BCUT2D eigenvalue weighted by molar-refractivity contribution is 1.14. The highest BCUT2D eigenvalue weighted by molar-refractivity contribution is 5.49. The van der Waals surface area contributed by atoms with Crippen LogP contribution in [0.2, 0.25) is 0 Å². The van der Waals surface area contributed by atoms with Crippen molar-refractivity contribution in [3.63, 3.8) is 0 Å². The second-order valence-corrected chi connectivity index (χ2v) is 3.31. The molecule has 0 atom stereocenters. The zero-order valence-corrected chi connectivity index (χ0v) is 8.35. The van der Waals surface area contributed by atoms with Gasteiger partial charge in [-0.3, -0.25) is 0 Å². The first-order valence-electron chi connectivity index (χ1n) is 4.84. The van der Waals surface area contributed by atoms with Gasteiger partial charge in [-0.05, 0) is 11.6 Å². The van der Waals surface area contributed by atoms with Gasteiger partial charge in [-0.15, -0.1) is 0 Å². The van der Waals surface area contributed by atoms with Gasteiger partial charge in [-0.25, -0.2) is 4.98 Å². The molecule has 0 spiro atoms. The molecule has 2 rings (SSSR count). The van der Waals surface area contributed by atoms with E-state index in [2.05, 4.69) is 22.4 Å². The van der Waals surface area contributed by atoms with E-state index in [1.807, 2.05) is 30.3 Å². The van der Waals surface area contributed by atoms with Crippen molar-refractivity contribution >= 4 is 11.5 Å². The van der Waals surface area contributed by atoms with Gasteiger partial charge in [-0.2, -0.15) is 0 Å². The molecule has 0 saturated carbocycles. The largest absolute Gasteiger partial charge is 0.384 e. The highest BCUT2D eigenvalue weighted by Crippen LogP contribution is 2.10. The number of anilines is 2. The number of pyridine rings is 1. The molecule has 0 saturated heterocycles. The molecule has 3 heteroatoms. The quantitative estimate of drug-likeness (QED) is 0.797. The van der Waals surface area contributed by atoms with E-state index in [1.165, 1.54) is 5.56 Å². The summed E-state index contributed by atoms with van der Waals surface area (Å²) in [5.41, 5.74) is 7.81. The van der Waals surface area contributed by atoms with Gasteiger partial charge in [0.1, 0.15) is 5.82 Å². The van der Waals surface area contributed by atoms with Crippen molar-refractivity contribution in [1.82, 2.24) is 4.98 Å². The number of hydrogen-bond donors (Lipinski definition) is 2. The molecule has 0 amide bonds. The first kappa shape index (κ1) is 9.52. The van der Waals surface area contributed by atoms with Gasteiger partial charge < -0.3 is 11.1 Å². The lowest BCUT2D eigenvalue weighted by Crippen LogP contribution is -2.00. The van der Waals surface area contributed by atoms with Gasteiger partial charge >= 0.3 is 0 Å². The lowest BCUT2D eigenvalue weighted by Gasteiger charge is -2.06. The Hall–Kier alpha value is -2.03. The van der Waals surface area contributed by atoms with Crippen LogP contribution in [0.4, 0.5) is 11.5 Å². The molecule has 1 aromatic heterocycles. The van der Waals surface area contributed by atoms with Crippen molar-refractivity contribution in [3.8, 4) is 0 Å². The van der Waals surface area contributed by atoms with Crippen LogP contribution in [0, 0.1) is 0 Å². The van der Waals surface area contributed by atoms with Crippen molar-refractivity contribution in [2.24, 2.45) is 0 Å². The zero-order valence-electron chi connectivity index (χ0n) is 8.35. The minimum atomic E-state index is 0.535. The Morgan fingerprint density at radius 3 is 2.67 bits per heavy atom. The molecule has 3 nitrogen and oxygen atoms in total. The van der Waals surface area contributed by atoms with Crippen LogP contribution >= 0.6 is 0 Å². The SMILES string of the molecule is Nc1cc(NCc2ccccc2)ccn1. The van der Waals surface area contributed by atoms with Crippen LogP contribution < -0.4 is 11.1 Å². The average Bonchev–Trinajstić information content (AvgIpc) is 2.28. The number of nitrogens with two attached hydrogens (primary N) is 1. The van der Waals surface area contributed by atoms with Crippen molar-refractivity contribution < 1.29 is 0 Å². The van der Waals surface area contributed by atoms with Crippen molar-refractivity contribution in [2.45, 2.75) is 6.54 Å². The smallest absolute Gasteiger partial charge is 0.125 e. The highest BCUT2D eigenvalue weighted by Gasteiger charge is 1.93. The summed E-state index contributed by atoms with van der Waals surface area (Å²) in [7, 11) is 0. The van der Waals surface area contributed by atoms with Crippen LogP contribution in [0.15, 0.2) is 48.7 Å². The third-order valence-electron chi connectivity index (χ3n) is 2.12. The summed E-state index contributed by atoms with van der Waals surface area (Å²) >= 11 is 0. The van der Waals surface area contributed by atoms with Crippen LogP contribution in [0.25, 0.3) is 0 Å². The standard InChI is InChI=1S/C12H13N3/c13-12-8-11(6-7-14-12)15-9-10-4-2-1-3-5-10/h1-8H,9H2,(H3,13,14,15). The number of hydrogen-bond acceptors (Lipinski definition) is 3. The molecule has 76 valence electrons. The molecule has 0 fully saturated rings. The lowest BCUT2D eigenvalue weighted by atomic mass is 10.2. The van der Waals surface area contributed by atoms with Gasteiger partial charge in [0.25, 0.3) is 0 Å². The summed E-state index contributed by atoms with van der Waals surface area (Å²) < 4.78 is 0. The van der Waals surface area contributed by atoms with E-state index >= 15 is 0 Å². The fourth-order valence-electron chi connectivity index (χ4n) is 1.36. The van der Waals surface area contributed by atoms with Gasteiger partial charge in [0.05, 0.1) is 0 Å². The number of benzene rings is 1. The van der Waals surface area contributed by atoms with Crippen LogP contribution in [-0.4, -0.2) is 4.98 Å². The van der Waals surface area contributed by atoms with Gasteiger partial charge in [0.2, 0.25) is 0 Å². The summed E-state index contributed by atoms with van der Waals surface area (Å²) in [6.45, 7) is 0.796. The van der Waals surface area contributed by atoms with E-state index in [1.54, 1.807) is 6.20 Å². The molecule has 0 unspecified atom stereocenters. The molecule has 1 heterocycles. The van der Waals surface area contributed by atoms with Gasteiger partial charge in [-0.1, -0.05) is 30.3 Å². The molecular formula is C12H13N3. The summed E-state index contributed by atoms with van der Waals surface area (Å²) in [5.74, 6) is 0.535. The summed E-state index contributed by atoms with van der Waals surface area (Å²) in [6, 6.07) is 13.9. The first-order valence-corrected chi connectivity index (χ1v) is 4.84. The Bertz CT molecular complexity index is 426.